The number of piperidine rings is 1. The lowest BCUT2D eigenvalue weighted by Crippen LogP contribution is -2.34. The fourth-order valence-corrected chi connectivity index (χ4v) is 3.53. The van der Waals surface area contributed by atoms with E-state index in [9.17, 15) is 4.39 Å². The number of hydrogen-bond acceptors (Lipinski definition) is 3. The SMILES string of the molecule is Fc1ccc2nc(CCC3CCCCN3)sc2c1. The van der Waals surface area contributed by atoms with Crippen LogP contribution in [0.15, 0.2) is 18.2 Å². The van der Waals surface area contributed by atoms with Crippen LogP contribution in [0.3, 0.4) is 0 Å². The molecule has 2 aromatic rings. The minimum absolute atomic E-state index is 0.174. The lowest BCUT2D eigenvalue weighted by molar-refractivity contribution is 0.383. The molecule has 1 N–H and O–H groups in total. The van der Waals surface area contributed by atoms with Crippen molar-refractivity contribution in [2.75, 3.05) is 6.54 Å². The lowest BCUT2D eigenvalue weighted by atomic mass is 10.0. The largest absolute Gasteiger partial charge is 0.314 e. The monoisotopic (exact) mass is 264 g/mol. The normalized spacial score (nSPS) is 20.4. The molecule has 18 heavy (non-hydrogen) atoms. The smallest absolute Gasteiger partial charge is 0.124 e. The maximum atomic E-state index is 13.1. The second-order valence-corrected chi connectivity index (χ2v) is 6.02. The van der Waals surface area contributed by atoms with Crippen LogP contribution in [-0.2, 0) is 6.42 Å². The first-order valence-electron chi connectivity index (χ1n) is 6.59. The van der Waals surface area contributed by atoms with Gasteiger partial charge in [0.15, 0.2) is 0 Å². The predicted octanol–water partition coefficient (Wildman–Crippen LogP) is 3.51. The van der Waals surface area contributed by atoms with Gasteiger partial charge >= 0.3 is 0 Å². The molecule has 4 heteroatoms. The first-order valence-corrected chi connectivity index (χ1v) is 7.41. The molecule has 1 atom stereocenters. The molecule has 0 radical (unpaired) electrons. The highest BCUT2D eigenvalue weighted by Gasteiger charge is 2.13. The minimum atomic E-state index is -0.174. The minimum Gasteiger partial charge on any atom is -0.314 e. The molecule has 2 heterocycles. The van der Waals surface area contributed by atoms with Crippen LogP contribution in [0, 0.1) is 5.82 Å². The molecule has 1 aliphatic rings. The van der Waals surface area contributed by atoms with Crippen LogP contribution in [0.25, 0.3) is 10.2 Å². The van der Waals surface area contributed by atoms with Crippen LogP contribution in [-0.4, -0.2) is 17.6 Å². The van der Waals surface area contributed by atoms with Crippen molar-refractivity contribution in [1.82, 2.24) is 10.3 Å². The molecular weight excluding hydrogens is 247 g/mol. The Hall–Kier alpha value is -1.00. The zero-order chi connectivity index (χ0) is 12.4. The predicted molar refractivity (Wildman–Crippen MR) is 73.5 cm³/mol. The second kappa shape index (κ2) is 5.33. The van der Waals surface area contributed by atoms with Crippen LogP contribution < -0.4 is 5.32 Å². The van der Waals surface area contributed by atoms with Crippen LogP contribution in [0.2, 0.25) is 0 Å². The third-order valence-corrected chi connectivity index (χ3v) is 4.59. The van der Waals surface area contributed by atoms with Gasteiger partial charge in [-0.1, -0.05) is 6.42 Å². The van der Waals surface area contributed by atoms with E-state index in [-0.39, 0.29) is 5.82 Å². The Morgan fingerprint density at radius 3 is 3.17 bits per heavy atom. The van der Waals surface area contributed by atoms with E-state index in [1.807, 2.05) is 0 Å². The Kier molecular flexibility index (Phi) is 3.57. The van der Waals surface area contributed by atoms with Gasteiger partial charge in [0.1, 0.15) is 5.82 Å². The zero-order valence-electron chi connectivity index (χ0n) is 10.3. The van der Waals surface area contributed by atoms with Gasteiger partial charge in [-0.05, 0) is 44.0 Å². The molecule has 96 valence electrons. The van der Waals surface area contributed by atoms with Gasteiger partial charge in [-0.3, -0.25) is 0 Å². The number of thiazole rings is 1. The highest BCUT2D eigenvalue weighted by Crippen LogP contribution is 2.24. The van der Waals surface area contributed by atoms with Crippen LogP contribution >= 0.6 is 11.3 Å². The summed E-state index contributed by atoms with van der Waals surface area (Å²) in [5, 5.41) is 4.68. The molecule has 0 spiro atoms. The highest BCUT2D eigenvalue weighted by atomic mass is 32.1. The number of halogens is 1. The van der Waals surface area contributed by atoms with Crippen molar-refractivity contribution in [3.8, 4) is 0 Å². The maximum absolute atomic E-state index is 13.1. The third kappa shape index (κ3) is 2.70. The lowest BCUT2D eigenvalue weighted by Gasteiger charge is -2.22. The fraction of sp³-hybridized carbons (Fsp3) is 0.500. The van der Waals surface area contributed by atoms with Gasteiger partial charge in [-0.15, -0.1) is 11.3 Å². The van der Waals surface area contributed by atoms with E-state index in [0.717, 1.165) is 34.6 Å². The number of hydrogen-bond donors (Lipinski definition) is 1. The van der Waals surface area contributed by atoms with Crippen molar-refractivity contribution in [3.63, 3.8) is 0 Å². The summed E-state index contributed by atoms with van der Waals surface area (Å²) >= 11 is 1.62. The molecule has 0 amide bonds. The third-order valence-electron chi connectivity index (χ3n) is 3.51. The molecule has 0 aliphatic carbocycles. The Morgan fingerprint density at radius 1 is 1.39 bits per heavy atom. The number of benzene rings is 1. The Morgan fingerprint density at radius 2 is 2.33 bits per heavy atom. The van der Waals surface area contributed by atoms with Crippen LogP contribution in [0.4, 0.5) is 4.39 Å². The standard InChI is InChI=1S/C14H17FN2S/c15-10-4-6-12-13(9-10)18-14(17-12)7-5-11-3-1-2-8-16-11/h4,6,9,11,16H,1-3,5,7-8H2. The molecule has 3 rings (SSSR count). The van der Waals surface area contributed by atoms with E-state index in [2.05, 4.69) is 10.3 Å². The average Bonchev–Trinajstić information content (AvgIpc) is 2.79. The van der Waals surface area contributed by atoms with E-state index in [1.54, 1.807) is 23.5 Å². The van der Waals surface area contributed by atoms with Gasteiger partial charge in [0.2, 0.25) is 0 Å². The van der Waals surface area contributed by atoms with E-state index in [1.165, 1.54) is 25.3 Å². The van der Waals surface area contributed by atoms with Crippen LogP contribution in [0.5, 0.6) is 0 Å². The highest BCUT2D eigenvalue weighted by molar-refractivity contribution is 7.18. The molecule has 0 bridgehead atoms. The Balaban J connectivity index is 1.67. The summed E-state index contributed by atoms with van der Waals surface area (Å²) in [5.74, 6) is -0.174. The topological polar surface area (TPSA) is 24.9 Å². The van der Waals surface area contributed by atoms with Gasteiger partial charge in [0, 0.05) is 12.5 Å². The molecule has 1 aliphatic heterocycles. The van der Waals surface area contributed by atoms with Gasteiger partial charge in [-0.2, -0.15) is 0 Å². The molecule has 1 aromatic carbocycles. The quantitative estimate of drug-likeness (QED) is 0.917. The van der Waals surface area contributed by atoms with E-state index < -0.39 is 0 Å². The molecule has 0 saturated carbocycles. The van der Waals surface area contributed by atoms with E-state index in [0.29, 0.717) is 6.04 Å². The maximum Gasteiger partial charge on any atom is 0.124 e. The second-order valence-electron chi connectivity index (χ2n) is 4.91. The molecule has 1 unspecified atom stereocenters. The summed E-state index contributed by atoms with van der Waals surface area (Å²) in [6, 6.07) is 5.47. The molecule has 1 fully saturated rings. The first-order chi connectivity index (χ1) is 8.81. The van der Waals surface area contributed by atoms with Crippen LogP contribution in [0.1, 0.15) is 30.7 Å². The van der Waals surface area contributed by atoms with Gasteiger partial charge in [0.25, 0.3) is 0 Å². The van der Waals surface area contributed by atoms with Crippen molar-refractivity contribution >= 4 is 21.6 Å². The first kappa shape index (κ1) is 12.1. The summed E-state index contributed by atoms with van der Waals surface area (Å²) in [7, 11) is 0. The summed E-state index contributed by atoms with van der Waals surface area (Å²) in [4.78, 5) is 4.56. The average molecular weight is 264 g/mol. The van der Waals surface area contributed by atoms with Crippen molar-refractivity contribution < 1.29 is 4.39 Å². The van der Waals surface area contributed by atoms with Crippen molar-refractivity contribution in [1.29, 1.82) is 0 Å². The molecular formula is C14H17FN2S. The summed E-state index contributed by atoms with van der Waals surface area (Å²) in [5.41, 5.74) is 0.924. The Labute approximate surface area is 110 Å². The van der Waals surface area contributed by atoms with Gasteiger partial charge < -0.3 is 5.32 Å². The Bertz CT molecular complexity index is 532. The number of nitrogens with one attached hydrogen (secondary N) is 1. The van der Waals surface area contributed by atoms with Crippen molar-refractivity contribution in [2.45, 2.75) is 38.1 Å². The van der Waals surface area contributed by atoms with Crippen molar-refractivity contribution in [2.24, 2.45) is 0 Å². The van der Waals surface area contributed by atoms with E-state index in [4.69, 9.17) is 0 Å². The van der Waals surface area contributed by atoms with Crippen molar-refractivity contribution in [3.05, 3.63) is 29.0 Å². The van der Waals surface area contributed by atoms with Gasteiger partial charge in [-0.25, -0.2) is 9.37 Å². The van der Waals surface area contributed by atoms with E-state index >= 15 is 0 Å². The number of fused-ring (bicyclic) bond motifs is 1. The molecule has 2 nitrogen and oxygen atoms in total. The number of aromatic nitrogens is 1. The fourth-order valence-electron chi connectivity index (χ4n) is 2.52. The molecule has 1 aromatic heterocycles. The number of nitrogens with zero attached hydrogens (tertiary/aromatic N) is 1. The summed E-state index contributed by atoms with van der Waals surface area (Å²) in [6.45, 7) is 1.15. The van der Waals surface area contributed by atoms with Gasteiger partial charge in [0.05, 0.1) is 15.2 Å². The summed E-state index contributed by atoms with van der Waals surface area (Å²) < 4.78 is 14.1. The molecule has 1 saturated heterocycles. The number of aryl methyl sites for hydroxylation is 1. The zero-order valence-corrected chi connectivity index (χ0v) is 11.1. The summed E-state index contributed by atoms with van der Waals surface area (Å²) in [6.07, 6.45) is 6.06. The number of rotatable bonds is 3.